The third-order valence-electron chi connectivity index (χ3n) is 4.41. The summed E-state index contributed by atoms with van der Waals surface area (Å²) in [6.07, 6.45) is 0. The van der Waals surface area contributed by atoms with Gasteiger partial charge < -0.3 is 14.4 Å². The predicted molar refractivity (Wildman–Crippen MR) is 96.4 cm³/mol. The summed E-state index contributed by atoms with van der Waals surface area (Å²) >= 11 is 0. The molecule has 2 aromatic carbocycles. The highest BCUT2D eigenvalue weighted by atomic mass is 19.1. The fourth-order valence-corrected chi connectivity index (χ4v) is 2.84. The first-order valence-corrected chi connectivity index (χ1v) is 8.64. The molecule has 0 atom stereocenters. The first kappa shape index (κ1) is 18.2. The van der Waals surface area contributed by atoms with Crippen molar-refractivity contribution in [2.45, 2.75) is 20.0 Å². The number of carbonyl (C=O) groups excluding carboxylic acids is 1. The Balaban J connectivity index is 1.56. The highest BCUT2D eigenvalue weighted by Gasteiger charge is 2.17. The maximum atomic E-state index is 13.0. The lowest BCUT2D eigenvalue weighted by molar-refractivity contribution is -0.131. The average Bonchev–Trinajstić information content (AvgIpc) is 3.10. The van der Waals surface area contributed by atoms with Crippen LogP contribution in [0.2, 0.25) is 0 Å². The van der Waals surface area contributed by atoms with E-state index in [1.807, 2.05) is 25.1 Å². The second-order valence-corrected chi connectivity index (χ2v) is 6.37. The van der Waals surface area contributed by atoms with Gasteiger partial charge in [-0.25, -0.2) is 4.39 Å². The van der Waals surface area contributed by atoms with Crippen molar-refractivity contribution in [1.29, 1.82) is 0 Å². The first-order valence-electron chi connectivity index (χ1n) is 8.64. The molecule has 1 heterocycles. The van der Waals surface area contributed by atoms with E-state index in [2.05, 4.69) is 4.90 Å². The Morgan fingerprint density at radius 3 is 2.46 bits per heavy atom. The Morgan fingerprint density at radius 2 is 1.73 bits per heavy atom. The minimum absolute atomic E-state index is 0.0249. The summed E-state index contributed by atoms with van der Waals surface area (Å²) < 4.78 is 23.7. The van der Waals surface area contributed by atoms with Gasteiger partial charge >= 0.3 is 0 Å². The molecule has 26 heavy (non-hydrogen) atoms. The largest absolute Gasteiger partial charge is 0.454 e. The topological polar surface area (TPSA) is 42.0 Å². The Bertz CT molecular complexity index is 764. The zero-order valence-corrected chi connectivity index (χ0v) is 15.1. The van der Waals surface area contributed by atoms with E-state index in [1.54, 1.807) is 24.1 Å². The lowest BCUT2D eigenvalue weighted by atomic mass is 10.2. The standard InChI is InChI=1S/C20H23FN2O3/c1-3-23(12-16-6-9-18-19(10-16)26-14-25-18)13-20(24)22(2)11-15-4-7-17(21)8-5-15/h4-10H,3,11-14H2,1-2H3. The van der Waals surface area contributed by atoms with Crippen LogP contribution in [-0.2, 0) is 17.9 Å². The average molecular weight is 358 g/mol. The molecule has 0 saturated carbocycles. The number of ether oxygens (including phenoxy) is 2. The van der Waals surface area contributed by atoms with Gasteiger partial charge in [-0.15, -0.1) is 0 Å². The van der Waals surface area contributed by atoms with Gasteiger partial charge in [-0.3, -0.25) is 9.69 Å². The van der Waals surface area contributed by atoms with Gasteiger partial charge in [0.2, 0.25) is 12.7 Å². The smallest absolute Gasteiger partial charge is 0.236 e. The quantitative estimate of drug-likeness (QED) is 0.763. The van der Waals surface area contributed by atoms with Crippen molar-refractivity contribution in [3.63, 3.8) is 0 Å². The van der Waals surface area contributed by atoms with Gasteiger partial charge in [0.15, 0.2) is 11.5 Å². The number of likely N-dealkylation sites (N-methyl/N-ethyl adjacent to an activating group) is 2. The SMILES string of the molecule is CCN(CC(=O)N(C)Cc1ccc(F)cc1)Cc1ccc2c(c1)OCO2. The molecule has 1 aliphatic rings. The van der Waals surface area contributed by atoms with Crippen molar-refractivity contribution >= 4 is 5.91 Å². The van der Waals surface area contributed by atoms with Gasteiger partial charge in [0.25, 0.3) is 0 Å². The van der Waals surface area contributed by atoms with Crippen molar-refractivity contribution in [1.82, 2.24) is 9.80 Å². The molecule has 0 bridgehead atoms. The maximum Gasteiger partial charge on any atom is 0.236 e. The van der Waals surface area contributed by atoms with Crippen LogP contribution < -0.4 is 9.47 Å². The number of carbonyl (C=O) groups is 1. The number of amides is 1. The van der Waals surface area contributed by atoms with E-state index in [0.29, 0.717) is 19.6 Å². The van der Waals surface area contributed by atoms with Gasteiger partial charge in [-0.05, 0) is 41.9 Å². The van der Waals surface area contributed by atoms with Crippen LogP contribution in [0.4, 0.5) is 4.39 Å². The summed E-state index contributed by atoms with van der Waals surface area (Å²) in [6.45, 7) is 4.47. The predicted octanol–water partition coefficient (Wildman–Crippen LogP) is 3.03. The van der Waals surface area contributed by atoms with Crippen molar-refractivity contribution in [3.05, 3.63) is 59.4 Å². The molecule has 0 radical (unpaired) electrons. The van der Waals surface area contributed by atoms with Crippen LogP contribution >= 0.6 is 0 Å². The Labute approximate surface area is 152 Å². The van der Waals surface area contributed by atoms with Crippen molar-refractivity contribution in [2.75, 3.05) is 26.9 Å². The maximum absolute atomic E-state index is 13.0. The van der Waals surface area contributed by atoms with Crippen LogP contribution in [0.25, 0.3) is 0 Å². The monoisotopic (exact) mass is 358 g/mol. The molecule has 138 valence electrons. The summed E-state index contributed by atoms with van der Waals surface area (Å²) in [5.41, 5.74) is 1.98. The number of halogens is 1. The number of fused-ring (bicyclic) bond motifs is 1. The highest BCUT2D eigenvalue weighted by molar-refractivity contribution is 5.78. The van der Waals surface area contributed by atoms with Gasteiger partial charge in [0, 0.05) is 20.1 Å². The van der Waals surface area contributed by atoms with Crippen LogP contribution in [0.3, 0.4) is 0 Å². The van der Waals surface area contributed by atoms with Crippen molar-refractivity contribution < 1.29 is 18.7 Å². The Kier molecular flexibility index (Phi) is 5.73. The third kappa shape index (κ3) is 4.52. The van der Waals surface area contributed by atoms with E-state index in [1.165, 1.54) is 12.1 Å². The third-order valence-corrected chi connectivity index (χ3v) is 4.41. The van der Waals surface area contributed by atoms with E-state index in [0.717, 1.165) is 29.2 Å². The molecule has 0 spiro atoms. The van der Waals surface area contributed by atoms with Crippen LogP contribution in [-0.4, -0.2) is 42.6 Å². The van der Waals surface area contributed by atoms with E-state index in [4.69, 9.17) is 9.47 Å². The van der Waals surface area contributed by atoms with Crippen LogP contribution in [0.15, 0.2) is 42.5 Å². The molecule has 2 aromatic rings. The molecule has 0 aromatic heterocycles. The lowest BCUT2D eigenvalue weighted by Gasteiger charge is -2.24. The molecule has 0 fully saturated rings. The number of rotatable bonds is 7. The zero-order valence-electron chi connectivity index (χ0n) is 15.1. The van der Waals surface area contributed by atoms with Gasteiger partial charge in [0.1, 0.15) is 5.82 Å². The number of benzene rings is 2. The Hall–Kier alpha value is -2.60. The molecule has 0 N–H and O–H groups in total. The van der Waals surface area contributed by atoms with Crippen LogP contribution in [0, 0.1) is 5.82 Å². The van der Waals surface area contributed by atoms with Gasteiger partial charge in [-0.2, -0.15) is 0 Å². The second kappa shape index (κ2) is 8.19. The number of hydrogen-bond acceptors (Lipinski definition) is 4. The lowest BCUT2D eigenvalue weighted by Crippen LogP contribution is -2.37. The fourth-order valence-electron chi connectivity index (χ4n) is 2.84. The van der Waals surface area contributed by atoms with Crippen molar-refractivity contribution in [3.8, 4) is 11.5 Å². The van der Waals surface area contributed by atoms with E-state index < -0.39 is 0 Å². The van der Waals surface area contributed by atoms with Gasteiger partial charge in [-0.1, -0.05) is 25.1 Å². The van der Waals surface area contributed by atoms with E-state index >= 15 is 0 Å². The first-order chi connectivity index (χ1) is 12.5. The molecule has 3 rings (SSSR count). The Morgan fingerprint density at radius 1 is 1.04 bits per heavy atom. The van der Waals surface area contributed by atoms with E-state index in [-0.39, 0.29) is 18.5 Å². The summed E-state index contributed by atoms with van der Waals surface area (Å²) in [6, 6.07) is 12.1. The highest BCUT2D eigenvalue weighted by Crippen LogP contribution is 2.32. The molecule has 0 unspecified atom stereocenters. The second-order valence-electron chi connectivity index (χ2n) is 6.37. The summed E-state index contributed by atoms with van der Waals surface area (Å²) in [4.78, 5) is 16.3. The van der Waals surface area contributed by atoms with E-state index in [9.17, 15) is 9.18 Å². The zero-order chi connectivity index (χ0) is 18.5. The molecular formula is C20H23FN2O3. The molecule has 0 saturated heterocycles. The summed E-state index contributed by atoms with van der Waals surface area (Å²) in [7, 11) is 1.76. The van der Waals surface area contributed by atoms with Gasteiger partial charge in [0.05, 0.1) is 6.54 Å². The number of nitrogens with zero attached hydrogens (tertiary/aromatic N) is 2. The normalized spacial score (nSPS) is 12.5. The molecule has 1 aliphatic heterocycles. The molecule has 6 heteroatoms. The summed E-state index contributed by atoms with van der Waals surface area (Å²) in [5, 5.41) is 0. The minimum Gasteiger partial charge on any atom is -0.454 e. The van der Waals surface area contributed by atoms with Crippen LogP contribution in [0.5, 0.6) is 11.5 Å². The molecule has 1 amide bonds. The van der Waals surface area contributed by atoms with Crippen LogP contribution in [0.1, 0.15) is 18.1 Å². The molecular weight excluding hydrogens is 335 g/mol. The molecule has 0 aliphatic carbocycles. The summed E-state index contributed by atoms with van der Waals surface area (Å²) in [5.74, 6) is 1.26. The molecule has 5 nitrogen and oxygen atoms in total. The van der Waals surface area contributed by atoms with Crippen molar-refractivity contribution in [2.24, 2.45) is 0 Å². The minimum atomic E-state index is -0.274. The number of hydrogen-bond donors (Lipinski definition) is 0. The fraction of sp³-hybridized carbons (Fsp3) is 0.350.